The van der Waals surface area contributed by atoms with Crippen molar-refractivity contribution in [1.29, 1.82) is 0 Å². The van der Waals surface area contributed by atoms with E-state index in [0.29, 0.717) is 12.5 Å². The van der Waals surface area contributed by atoms with E-state index in [0.717, 1.165) is 16.8 Å². The Labute approximate surface area is 121 Å². The van der Waals surface area contributed by atoms with Crippen molar-refractivity contribution in [2.75, 3.05) is 0 Å². The fraction of sp³-hybridized carbons (Fsp3) is 0.412. The molecule has 3 nitrogen and oxygen atoms in total. The molecule has 0 saturated heterocycles. The van der Waals surface area contributed by atoms with E-state index in [1.807, 2.05) is 19.9 Å². The van der Waals surface area contributed by atoms with Gasteiger partial charge in [-0.1, -0.05) is 45.0 Å². The van der Waals surface area contributed by atoms with Crippen LogP contribution < -0.4 is 4.74 Å². The van der Waals surface area contributed by atoms with Crippen molar-refractivity contribution >= 4 is 0 Å². The van der Waals surface area contributed by atoms with Gasteiger partial charge in [-0.15, -0.1) is 5.10 Å². The van der Waals surface area contributed by atoms with Gasteiger partial charge in [0.2, 0.25) is 5.88 Å². The minimum absolute atomic E-state index is 0.179. The van der Waals surface area contributed by atoms with Crippen LogP contribution in [0.5, 0.6) is 5.88 Å². The first-order valence-electron chi connectivity index (χ1n) is 6.89. The molecule has 2 aromatic rings. The molecule has 0 aliphatic heterocycles. The van der Waals surface area contributed by atoms with Crippen LogP contribution in [-0.2, 0) is 12.0 Å². The zero-order chi connectivity index (χ0) is 14.8. The molecule has 0 bridgehead atoms. The monoisotopic (exact) mass is 270 g/mol. The highest BCUT2D eigenvalue weighted by molar-refractivity contribution is 5.28. The van der Waals surface area contributed by atoms with Gasteiger partial charge < -0.3 is 4.74 Å². The maximum absolute atomic E-state index is 5.68. The third kappa shape index (κ3) is 3.56. The first-order chi connectivity index (χ1) is 9.36. The number of aryl methyl sites for hydroxylation is 2. The van der Waals surface area contributed by atoms with Gasteiger partial charge in [0.05, 0.1) is 5.69 Å². The molecule has 0 saturated carbocycles. The Balaban J connectivity index is 2.02. The van der Waals surface area contributed by atoms with Crippen LogP contribution >= 0.6 is 0 Å². The molecule has 0 N–H and O–H groups in total. The molecule has 1 heterocycles. The van der Waals surface area contributed by atoms with E-state index < -0.39 is 0 Å². The normalized spacial score (nSPS) is 11.4. The van der Waals surface area contributed by atoms with Crippen LogP contribution in [-0.4, -0.2) is 10.2 Å². The van der Waals surface area contributed by atoms with E-state index in [-0.39, 0.29) is 5.41 Å². The first kappa shape index (κ1) is 14.5. The molecule has 2 rings (SSSR count). The van der Waals surface area contributed by atoms with Gasteiger partial charge >= 0.3 is 0 Å². The molecular weight excluding hydrogens is 248 g/mol. The van der Waals surface area contributed by atoms with Crippen molar-refractivity contribution in [2.45, 2.75) is 46.6 Å². The van der Waals surface area contributed by atoms with Crippen LogP contribution in [0.3, 0.4) is 0 Å². The number of hydrogen-bond acceptors (Lipinski definition) is 3. The van der Waals surface area contributed by atoms with Gasteiger partial charge in [0, 0.05) is 6.07 Å². The van der Waals surface area contributed by atoms with Crippen molar-refractivity contribution in [2.24, 2.45) is 0 Å². The van der Waals surface area contributed by atoms with Crippen molar-refractivity contribution in [3.8, 4) is 5.88 Å². The lowest BCUT2D eigenvalue weighted by atomic mass is 9.87. The molecule has 1 aromatic carbocycles. The van der Waals surface area contributed by atoms with Gasteiger partial charge in [-0.2, -0.15) is 5.10 Å². The molecule has 1 aromatic heterocycles. The van der Waals surface area contributed by atoms with E-state index in [1.54, 1.807) is 0 Å². The number of aromatic nitrogens is 2. The maximum atomic E-state index is 5.68. The molecule has 0 unspecified atom stereocenters. The molecule has 0 amide bonds. The lowest BCUT2D eigenvalue weighted by Crippen LogP contribution is -2.10. The fourth-order valence-electron chi connectivity index (χ4n) is 1.85. The average Bonchev–Trinajstić information content (AvgIpc) is 2.40. The van der Waals surface area contributed by atoms with Gasteiger partial charge in [0.1, 0.15) is 6.61 Å². The van der Waals surface area contributed by atoms with Crippen molar-refractivity contribution < 1.29 is 4.74 Å². The van der Waals surface area contributed by atoms with Crippen molar-refractivity contribution in [3.63, 3.8) is 0 Å². The highest BCUT2D eigenvalue weighted by Crippen LogP contribution is 2.22. The lowest BCUT2D eigenvalue weighted by Gasteiger charge is -2.19. The Kier molecular flexibility index (Phi) is 4.07. The number of rotatable bonds is 3. The summed E-state index contributed by atoms with van der Waals surface area (Å²) < 4.78 is 5.68. The van der Waals surface area contributed by atoms with Crippen molar-refractivity contribution in [3.05, 3.63) is 52.7 Å². The second-order valence-electron chi connectivity index (χ2n) is 6.19. The van der Waals surface area contributed by atoms with Crippen LogP contribution in [0.4, 0.5) is 0 Å². The summed E-state index contributed by atoms with van der Waals surface area (Å²) in [6, 6.07) is 10.4. The van der Waals surface area contributed by atoms with Crippen LogP contribution in [0.1, 0.15) is 43.2 Å². The number of nitrogens with zero attached hydrogens (tertiary/aromatic N) is 2. The van der Waals surface area contributed by atoms with E-state index in [1.165, 1.54) is 5.56 Å². The average molecular weight is 270 g/mol. The van der Waals surface area contributed by atoms with Gasteiger partial charge in [-0.3, -0.25) is 0 Å². The SMILES string of the molecule is Cc1cc(OCc2ccc(C(C)(C)C)cc2)nnc1C. The Morgan fingerprint density at radius 3 is 2.20 bits per heavy atom. The van der Waals surface area contributed by atoms with Crippen LogP contribution in [0, 0.1) is 13.8 Å². The molecule has 0 aliphatic carbocycles. The highest BCUT2D eigenvalue weighted by Gasteiger charge is 2.12. The third-order valence-corrected chi connectivity index (χ3v) is 3.42. The molecule has 0 spiro atoms. The Hall–Kier alpha value is -1.90. The van der Waals surface area contributed by atoms with E-state index in [4.69, 9.17) is 4.74 Å². The second-order valence-corrected chi connectivity index (χ2v) is 6.19. The van der Waals surface area contributed by atoms with Crippen LogP contribution in [0.25, 0.3) is 0 Å². The minimum Gasteiger partial charge on any atom is -0.472 e. The summed E-state index contributed by atoms with van der Waals surface area (Å²) in [5.74, 6) is 0.577. The fourth-order valence-corrected chi connectivity index (χ4v) is 1.85. The minimum atomic E-state index is 0.179. The summed E-state index contributed by atoms with van der Waals surface area (Å²) in [7, 11) is 0. The second kappa shape index (κ2) is 5.61. The Morgan fingerprint density at radius 2 is 1.65 bits per heavy atom. The van der Waals surface area contributed by atoms with Gasteiger partial charge in [-0.05, 0) is 36.0 Å². The molecule has 0 fully saturated rings. The van der Waals surface area contributed by atoms with Crippen molar-refractivity contribution in [1.82, 2.24) is 10.2 Å². The zero-order valence-electron chi connectivity index (χ0n) is 12.9. The van der Waals surface area contributed by atoms with Gasteiger partial charge in [0.15, 0.2) is 0 Å². The molecule has 20 heavy (non-hydrogen) atoms. The molecule has 3 heteroatoms. The molecule has 0 radical (unpaired) electrons. The van der Waals surface area contributed by atoms with E-state index >= 15 is 0 Å². The first-order valence-corrected chi connectivity index (χ1v) is 6.89. The third-order valence-electron chi connectivity index (χ3n) is 3.42. The summed E-state index contributed by atoms with van der Waals surface area (Å²) in [4.78, 5) is 0. The zero-order valence-corrected chi connectivity index (χ0v) is 12.9. The quantitative estimate of drug-likeness (QED) is 0.846. The summed E-state index contributed by atoms with van der Waals surface area (Å²) in [6.45, 7) is 11.1. The molecule has 0 atom stereocenters. The topological polar surface area (TPSA) is 35.0 Å². The summed E-state index contributed by atoms with van der Waals surface area (Å²) in [5, 5.41) is 8.10. The Morgan fingerprint density at radius 1 is 1.00 bits per heavy atom. The largest absolute Gasteiger partial charge is 0.472 e. The maximum Gasteiger partial charge on any atom is 0.233 e. The lowest BCUT2D eigenvalue weighted by molar-refractivity contribution is 0.289. The number of benzene rings is 1. The molecular formula is C17H22N2O. The predicted octanol–water partition coefficient (Wildman–Crippen LogP) is 3.97. The van der Waals surface area contributed by atoms with Crippen LogP contribution in [0.15, 0.2) is 30.3 Å². The predicted molar refractivity (Wildman–Crippen MR) is 81.0 cm³/mol. The number of hydrogen-bond donors (Lipinski definition) is 0. The van der Waals surface area contributed by atoms with E-state index in [2.05, 4.69) is 55.2 Å². The summed E-state index contributed by atoms with van der Waals surface area (Å²) >= 11 is 0. The van der Waals surface area contributed by atoms with Gasteiger partial charge in [-0.25, -0.2) is 0 Å². The van der Waals surface area contributed by atoms with Crippen LogP contribution in [0.2, 0.25) is 0 Å². The summed E-state index contributed by atoms with van der Waals surface area (Å²) in [5.41, 5.74) is 4.68. The molecule has 0 aliphatic rings. The summed E-state index contributed by atoms with van der Waals surface area (Å²) in [6.07, 6.45) is 0. The Bertz CT molecular complexity index is 583. The standard InChI is InChI=1S/C17H22N2O/c1-12-10-16(19-18-13(12)2)20-11-14-6-8-15(9-7-14)17(3,4)5/h6-10H,11H2,1-5H3. The smallest absolute Gasteiger partial charge is 0.233 e. The highest BCUT2D eigenvalue weighted by atomic mass is 16.5. The number of ether oxygens (including phenoxy) is 1. The molecule has 106 valence electrons. The van der Waals surface area contributed by atoms with E-state index in [9.17, 15) is 0 Å². The van der Waals surface area contributed by atoms with Gasteiger partial charge in [0.25, 0.3) is 0 Å².